The van der Waals surface area contributed by atoms with Crippen LogP contribution in [0.3, 0.4) is 0 Å². The molecule has 0 saturated carbocycles. The first-order valence-electron chi connectivity index (χ1n) is 0. The van der Waals surface area contributed by atoms with Gasteiger partial charge in [-0.15, -0.1) is 0 Å². The minimum atomic E-state index is 0. The van der Waals surface area contributed by atoms with Gasteiger partial charge in [-0.05, 0) is 0 Å². The van der Waals surface area contributed by atoms with Crippen molar-refractivity contribution in [3.63, 3.8) is 0 Å². The molecule has 0 aliphatic rings. The molecule has 0 amide bonds. The molecule has 0 spiro atoms. The van der Waals surface area contributed by atoms with Crippen molar-refractivity contribution in [3.05, 3.63) is 0 Å². The fourth-order valence-electron chi connectivity index (χ4n) is 0. The van der Waals surface area contributed by atoms with Crippen molar-refractivity contribution in [2.45, 2.75) is 0 Å². The fourth-order valence-corrected chi connectivity index (χ4v) is 0. The maximum Gasteiger partial charge on any atom is 0 e. The van der Waals surface area contributed by atoms with Crippen LogP contribution in [0.2, 0.25) is 0 Å². The quantitative estimate of drug-likeness (QED) is 0.385. The van der Waals surface area contributed by atoms with E-state index in [1.54, 1.807) is 0 Å². The zero-order valence-corrected chi connectivity index (χ0v) is 6.60. The first-order valence-corrected chi connectivity index (χ1v) is 0. The van der Waals surface area contributed by atoms with E-state index in [0.29, 0.717) is 0 Å². The van der Waals surface area contributed by atoms with E-state index in [1.165, 1.54) is 0 Å². The molecule has 1 nitrogen and oxygen atoms in total. The molecule has 0 saturated heterocycles. The summed E-state index contributed by atoms with van der Waals surface area (Å²) in [7, 11) is 0. The molecule has 1 radical (unpaired) electrons. The molecule has 0 bridgehead atoms. The minimum Gasteiger partial charge on any atom is -0.412 e. The van der Waals surface area contributed by atoms with E-state index >= 15 is 0 Å². The Kier molecular flexibility index (Phi) is 531. The van der Waals surface area contributed by atoms with Crippen LogP contribution in [0.4, 0.5) is 0 Å². The molecule has 1 unspecified atom stereocenters. The van der Waals surface area contributed by atoms with E-state index in [1.807, 2.05) is 0 Å². The molecule has 5 heavy (non-hydrogen) atoms. The van der Waals surface area contributed by atoms with Crippen molar-refractivity contribution < 1.29 is 55.2 Å². The van der Waals surface area contributed by atoms with Crippen LogP contribution < -0.4 is 0 Å². The van der Waals surface area contributed by atoms with Crippen LogP contribution in [0.5, 0.6) is 0 Å². The predicted octanol–water partition coefficient (Wildman–Crippen LogP) is -0.774. The molecule has 0 aromatic heterocycles. The molecule has 0 aliphatic carbocycles. The van der Waals surface area contributed by atoms with Crippen LogP contribution >= 0.6 is 9.90 Å². The largest absolute Gasteiger partial charge is 0.412 e. The summed E-state index contributed by atoms with van der Waals surface area (Å²) in [5, 5.41) is 0. The molecule has 0 heterocycles. The summed E-state index contributed by atoms with van der Waals surface area (Å²) in [6, 6.07) is 0. The number of hydrogen-bond acceptors (Lipinski definition) is 0. The maximum absolute atomic E-state index is 0. The molecule has 0 aromatic carbocycles. The Hall–Kier alpha value is 1.88. The Morgan fingerprint density at radius 2 is 0.800 bits per heavy atom. The normalized spacial score (nSPS) is 0. The Balaban J connectivity index is 0. The summed E-state index contributed by atoms with van der Waals surface area (Å²) < 4.78 is 0. The van der Waals surface area contributed by atoms with E-state index in [2.05, 4.69) is 0 Å². The molecule has 0 rings (SSSR count). The van der Waals surface area contributed by atoms with Crippen molar-refractivity contribution >= 4 is 9.90 Å². The fraction of sp³-hybridized carbons (Fsp3) is 0. The smallest absolute Gasteiger partial charge is 0 e. The molecular weight excluding hydrogens is 223 g/mol. The predicted molar refractivity (Wildman–Crippen MR) is 14.7 cm³/mol. The molecule has 0 aromatic rings. The van der Waals surface area contributed by atoms with Gasteiger partial charge >= 0.3 is 0 Å². The number of hydrogen-bond donors (Lipinski definition) is 0. The molecule has 45 valence electrons. The average molecular weight is 228 g/mol. The topological polar surface area (TPSA) is 31.5 Å². The van der Waals surface area contributed by atoms with E-state index in [9.17, 15) is 0 Å². The Morgan fingerprint density at radius 1 is 0.800 bits per heavy atom. The van der Waals surface area contributed by atoms with Crippen molar-refractivity contribution in [1.82, 2.24) is 0 Å². The average Bonchev–Trinajstić information content (AvgIpc) is 0. The van der Waals surface area contributed by atoms with E-state index < -0.39 is 0 Å². The first kappa shape index (κ1) is 67.2. The van der Waals surface area contributed by atoms with Crippen molar-refractivity contribution in [2.24, 2.45) is 0 Å². The standard InChI is InChI=1S/Co.2Ni.H2O.H3P/h;;;1H2;1H3. The van der Waals surface area contributed by atoms with Gasteiger partial charge in [-0.1, -0.05) is 0 Å². The third kappa shape index (κ3) is 25.0. The van der Waals surface area contributed by atoms with Gasteiger partial charge in [0.1, 0.15) is 0 Å². The number of rotatable bonds is 0. The van der Waals surface area contributed by atoms with Gasteiger partial charge in [-0.25, -0.2) is 0 Å². The monoisotopic (exact) mass is 227 g/mol. The second-order valence-corrected chi connectivity index (χ2v) is 0. The van der Waals surface area contributed by atoms with Crippen molar-refractivity contribution in [1.29, 1.82) is 0 Å². The van der Waals surface area contributed by atoms with Crippen molar-refractivity contribution in [3.8, 4) is 0 Å². The van der Waals surface area contributed by atoms with Gasteiger partial charge in [0, 0.05) is 49.8 Å². The molecule has 1 atom stereocenters. The molecular formula is H5CoNi2OP. The van der Waals surface area contributed by atoms with Crippen molar-refractivity contribution in [2.75, 3.05) is 0 Å². The summed E-state index contributed by atoms with van der Waals surface area (Å²) >= 11 is 0. The minimum absolute atomic E-state index is 0. The summed E-state index contributed by atoms with van der Waals surface area (Å²) in [5.41, 5.74) is 0. The Bertz CT molecular complexity index is 9.61. The van der Waals surface area contributed by atoms with Crippen LogP contribution in [-0.2, 0) is 49.8 Å². The molecule has 0 fully saturated rings. The van der Waals surface area contributed by atoms with Gasteiger partial charge in [0.2, 0.25) is 0 Å². The third-order valence-corrected chi connectivity index (χ3v) is 0. The summed E-state index contributed by atoms with van der Waals surface area (Å²) in [6.45, 7) is 0. The van der Waals surface area contributed by atoms with Gasteiger partial charge < -0.3 is 5.48 Å². The SMILES string of the molecule is O.P.[Co].[Ni].[Ni]. The zero-order chi connectivity index (χ0) is 0. The maximum atomic E-state index is 0. The van der Waals surface area contributed by atoms with Gasteiger partial charge in [-0.3, -0.25) is 0 Å². The molecule has 0 aliphatic heterocycles. The van der Waals surface area contributed by atoms with Gasteiger partial charge in [-0.2, -0.15) is 9.90 Å². The van der Waals surface area contributed by atoms with E-state index in [4.69, 9.17) is 0 Å². The summed E-state index contributed by atoms with van der Waals surface area (Å²) in [6.07, 6.45) is 0. The molecule has 5 heteroatoms. The Morgan fingerprint density at radius 3 is 0.800 bits per heavy atom. The van der Waals surface area contributed by atoms with Crippen LogP contribution in [0.1, 0.15) is 0 Å². The van der Waals surface area contributed by atoms with Crippen LogP contribution in [-0.4, -0.2) is 5.48 Å². The summed E-state index contributed by atoms with van der Waals surface area (Å²) in [5.74, 6) is 0. The van der Waals surface area contributed by atoms with Crippen LogP contribution in [0.15, 0.2) is 0 Å². The van der Waals surface area contributed by atoms with E-state index in [-0.39, 0.29) is 65.1 Å². The first-order chi connectivity index (χ1) is 0. The summed E-state index contributed by atoms with van der Waals surface area (Å²) in [4.78, 5) is 0. The van der Waals surface area contributed by atoms with Crippen LogP contribution in [0, 0.1) is 0 Å². The second kappa shape index (κ2) is 39.6. The van der Waals surface area contributed by atoms with Gasteiger partial charge in [0.25, 0.3) is 0 Å². The van der Waals surface area contributed by atoms with Crippen LogP contribution in [0.25, 0.3) is 0 Å². The zero-order valence-electron chi connectivity index (χ0n) is 2.17. The Labute approximate surface area is 65.0 Å². The van der Waals surface area contributed by atoms with Gasteiger partial charge in [0.15, 0.2) is 0 Å². The molecule has 2 N–H and O–H groups in total. The third-order valence-electron chi connectivity index (χ3n) is 0. The van der Waals surface area contributed by atoms with E-state index in [0.717, 1.165) is 0 Å². The van der Waals surface area contributed by atoms with Gasteiger partial charge in [0.05, 0.1) is 0 Å². The second-order valence-electron chi connectivity index (χ2n) is 0.